The first-order valence-corrected chi connectivity index (χ1v) is 5.93. The molecule has 1 fully saturated rings. The van der Waals surface area contributed by atoms with Crippen LogP contribution in [0.5, 0.6) is 0 Å². The molecule has 0 aromatic carbocycles. The Kier molecular flexibility index (Phi) is 5.73. The van der Waals surface area contributed by atoms with Crippen LogP contribution in [0.3, 0.4) is 0 Å². The molecular weight excluding hydrogens is 200 g/mol. The van der Waals surface area contributed by atoms with Gasteiger partial charge >= 0.3 is 0 Å². The molecule has 0 spiro atoms. The number of nitrogens with one attached hydrogen (secondary N) is 2. The van der Waals surface area contributed by atoms with Crippen LogP contribution in [0.25, 0.3) is 0 Å². The zero-order valence-electron chi connectivity index (χ0n) is 10.3. The molecule has 1 atom stereocenters. The Labute approximate surface area is 98.5 Å². The highest BCUT2D eigenvalue weighted by atomic mass is 15.2. The van der Waals surface area contributed by atoms with Crippen molar-refractivity contribution in [3.63, 3.8) is 0 Å². The molecule has 2 N–H and O–H groups in total. The van der Waals surface area contributed by atoms with E-state index in [4.69, 9.17) is 6.42 Å². The molecule has 0 radical (unpaired) electrons. The van der Waals surface area contributed by atoms with E-state index in [1.54, 1.807) is 7.05 Å². The summed E-state index contributed by atoms with van der Waals surface area (Å²) in [5.74, 6) is 3.33. The Morgan fingerprint density at radius 2 is 2.38 bits per heavy atom. The number of hydrogen-bond donors (Lipinski definition) is 2. The summed E-state index contributed by atoms with van der Waals surface area (Å²) in [4.78, 5) is 6.62. The van der Waals surface area contributed by atoms with Gasteiger partial charge < -0.3 is 10.6 Å². The largest absolute Gasteiger partial charge is 0.355 e. The standard InChI is InChI=1S/C12H22N4/c1-4-8-14-12(13-3)15-10-11-7-6-9-16(11)5-2/h1,11H,5-10H2,2-3H3,(H2,13,14,15). The first kappa shape index (κ1) is 12.9. The average Bonchev–Trinajstić information content (AvgIpc) is 2.77. The number of likely N-dealkylation sites (tertiary alicyclic amines) is 1. The number of terminal acetylenes is 1. The lowest BCUT2D eigenvalue weighted by Crippen LogP contribution is -2.44. The normalized spacial score (nSPS) is 21.8. The van der Waals surface area contributed by atoms with E-state index in [2.05, 4.69) is 33.4 Å². The number of hydrogen-bond acceptors (Lipinski definition) is 2. The SMILES string of the molecule is C#CCNC(=NC)NCC1CCCN1CC. The molecule has 1 aliphatic heterocycles. The van der Waals surface area contributed by atoms with Crippen molar-refractivity contribution in [3.05, 3.63) is 0 Å². The second-order valence-electron chi connectivity index (χ2n) is 3.94. The minimum absolute atomic E-state index is 0.516. The Morgan fingerprint density at radius 1 is 1.56 bits per heavy atom. The van der Waals surface area contributed by atoms with Gasteiger partial charge in [0.2, 0.25) is 0 Å². The molecule has 0 bridgehead atoms. The second kappa shape index (κ2) is 7.13. The minimum atomic E-state index is 0.516. The summed E-state index contributed by atoms with van der Waals surface area (Å²) >= 11 is 0. The number of aliphatic imine (C=N–C) groups is 1. The molecule has 1 heterocycles. The number of guanidine groups is 1. The van der Waals surface area contributed by atoms with Crippen molar-refractivity contribution in [2.24, 2.45) is 4.99 Å². The van der Waals surface area contributed by atoms with E-state index in [1.165, 1.54) is 19.4 Å². The predicted octanol–water partition coefficient (Wildman–Crippen LogP) is 0.269. The van der Waals surface area contributed by atoms with Gasteiger partial charge in [0.25, 0.3) is 0 Å². The highest BCUT2D eigenvalue weighted by Crippen LogP contribution is 2.15. The molecule has 16 heavy (non-hydrogen) atoms. The Hall–Kier alpha value is -1.21. The highest BCUT2D eigenvalue weighted by Gasteiger charge is 2.22. The van der Waals surface area contributed by atoms with Gasteiger partial charge in [-0.2, -0.15) is 0 Å². The third-order valence-corrected chi connectivity index (χ3v) is 2.99. The Morgan fingerprint density at radius 3 is 3.00 bits per heavy atom. The second-order valence-corrected chi connectivity index (χ2v) is 3.94. The van der Waals surface area contributed by atoms with Crippen molar-refractivity contribution in [2.45, 2.75) is 25.8 Å². The summed E-state index contributed by atoms with van der Waals surface area (Å²) in [6, 6.07) is 0.634. The molecule has 90 valence electrons. The van der Waals surface area contributed by atoms with Crippen molar-refractivity contribution in [3.8, 4) is 12.3 Å². The summed E-state index contributed by atoms with van der Waals surface area (Å²) < 4.78 is 0. The van der Waals surface area contributed by atoms with Crippen LogP contribution in [-0.4, -0.2) is 50.1 Å². The lowest BCUT2D eigenvalue weighted by molar-refractivity contribution is 0.267. The maximum Gasteiger partial charge on any atom is 0.191 e. The quantitative estimate of drug-likeness (QED) is 0.407. The molecule has 0 amide bonds. The topological polar surface area (TPSA) is 39.7 Å². The van der Waals surface area contributed by atoms with Crippen LogP contribution >= 0.6 is 0 Å². The fourth-order valence-electron chi connectivity index (χ4n) is 2.11. The number of likely N-dealkylation sites (N-methyl/N-ethyl adjacent to an activating group) is 1. The average molecular weight is 222 g/mol. The van der Waals surface area contributed by atoms with Gasteiger partial charge in [-0.1, -0.05) is 12.8 Å². The summed E-state index contributed by atoms with van der Waals surface area (Å²) in [5.41, 5.74) is 0. The van der Waals surface area contributed by atoms with Gasteiger partial charge in [-0.05, 0) is 25.9 Å². The van der Waals surface area contributed by atoms with Crippen LogP contribution in [0.1, 0.15) is 19.8 Å². The van der Waals surface area contributed by atoms with Crippen LogP contribution in [0.2, 0.25) is 0 Å². The monoisotopic (exact) mass is 222 g/mol. The van der Waals surface area contributed by atoms with Gasteiger partial charge in [0.15, 0.2) is 5.96 Å². The molecule has 1 rings (SSSR count). The van der Waals surface area contributed by atoms with Crippen LogP contribution in [0.4, 0.5) is 0 Å². The van der Waals surface area contributed by atoms with Gasteiger partial charge in [0.1, 0.15) is 0 Å². The summed E-state index contributed by atoms with van der Waals surface area (Å²) in [6.07, 6.45) is 7.76. The minimum Gasteiger partial charge on any atom is -0.355 e. The Bertz CT molecular complexity index is 267. The number of rotatable bonds is 4. The van der Waals surface area contributed by atoms with E-state index in [-0.39, 0.29) is 0 Å². The van der Waals surface area contributed by atoms with Gasteiger partial charge in [0, 0.05) is 19.6 Å². The molecular formula is C12H22N4. The maximum absolute atomic E-state index is 5.19. The van der Waals surface area contributed by atoms with E-state index in [1.807, 2.05) is 0 Å². The van der Waals surface area contributed by atoms with Gasteiger partial charge in [-0.15, -0.1) is 6.42 Å². The van der Waals surface area contributed by atoms with Crippen LogP contribution in [0, 0.1) is 12.3 Å². The summed E-state index contributed by atoms with van der Waals surface area (Å²) in [5, 5.41) is 6.37. The van der Waals surface area contributed by atoms with Crippen molar-refractivity contribution >= 4 is 5.96 Å². The van der Waals surface area contributed by atoms with Crippen molar-refractivity contribution in [1.29, 1.82) is 0 Å². The van der Waals surface area contributed by atoms with E-state index in [9.17, 15) is 0 Å². The lowest BCUT2D eigenvalue weighted by Gasteiger charge is -2.23. The fourth-order valence-corrected chi connectivity index (χ4v) is 2.11. The fraction of sp³-hybridized carbons (Fsp3) is 0.750. The maximum atomic E-state index is 5.19. The molecule has 0 saturated carbocycles. The smallest absolute Gasteiger partial charge is 0.191 e. The molecule has 1 saturated heterocycles. The predicted molar refractivity (Wildman–Crippen MR) is 68.5 cm³/mol. The summed E-state index contributed by atoms with van der Waals surface area (Å²) in [7, 11) is 1.76. The third-order valence-electron chi connectivity index (χ3n) is 2.99. The zero-order valence-corrected chi connectivity index (χ0v) is 10.3. The molecule has 1 unspecified atom stereocenters. The van der Waals surface area contributed by atoms with Crippen LogP contribution in [-0.2, 0) is 0 Å². The molecule has 4 nitrogen and oxygen atoms in total. The van der Waals surface area contributed by atoms with Gasteiger partial charge in [-0.3, -0.25) is 9.89 Å². The van der Waals surface area contributed by atoms with Crippen LogP contribution in [0.15, 0.2) is 4.99 Å². The van der Waals surface area contributed by atoms with E-state index in [0.717, 1.165) is 19.0 Å². The first-order chi connectivity index (χ1) is 7.81. The molecule has 0 aliphatic carbocycles. The molecule has 1 aliphatic rings. The van der Waals surface area contributed by atoms with Crippen molar-refractivity contribution < 1.29 is 0 Å². The highest BCUT2D eigenvalue weighted by molar-refractivity contribution is 5.79. The van der Waals surface area contributed by atoms with E-state index in [0.29, 0.717) is 12.6 Å². The summed E-state index contributed by atoms with van der Waals surface area (Å²) in [6.45, 7) is 6.02. The first-order valence-electron chi connectivity index (χ1n) is 5.93. The lowest BCUT2D eigenvalue weighted by atomic mass is 10.2. The third kappa shape index (κ3) is 3.74. The van der Waals surface area contributed by atoms with Crippen molar-refractivity contribution in [2.75, 3.05) is 33.2 Å². The van der Waals surface area contributed by atoms with E-state index < -0.39 is 0 Å². The van der Waals surface area contributed by atoms with Crippen molar-refractivity contribution in [1.82, 2.24) is 15.5 Å². The molecule has 0 aromatic rings. The van der Waals surface area contributed by atoms with E-state index >= 15 is 0 Å². The molecule has 4 heteroatoms. The van der Waals surface area contributed by atoms with Crippen LogP contribution < -0.4 is 10.6 Å². The van der Waals surface area contributed by atoms with Gasteiger partial charge in [-0.25, -0.2) is 0 Å². The van der Waals surface area contributed by atoms with Gasteiger partial charge in [0.05, 0.1) is 6.54 Å². The molecule has 0 aromatic heterocycles. The Balaban J connectivity index is 2.29. The number of nitrogens with zero attached hydrogens (tertiary/aromatic N) is 2. The zero-order chi connectivity index (χ0) is 11.8.